The summed E-state index contributed by atoms with van der Waals surface area (Å²) < 4.78 is 38.4. The molecule has 1 atom stereocenters. The molecule has 0 aliphatic rings. The minimum Gasteiger partial charge on any atom is -0.335 e. The van der Waals surface area contributed by atoms with Crippen LogP contribution in [0.5, 0.6) is 0 Å². The van der Waals surface area contributed by atoms with Gasteiger partial charge in [-0.1, -0.05) is 29.5 Å². The number of likely N-dealkylation sites (N-methyl/N-ethyl adjacent to an activating group) is 1. The van der Waals surface area contributed by atoms with E-state index in [1.165, 1.54) is 18.9 Å². The summed E-state index contributed by atoms with van der Waals surface area (Å²) >= 11 is 0.718. The Kier molecular flexibility index (Phi) is 6.54. The normalized spacial score (nSPS) is 12.5. The molecule has 0 saturated heterocycles. The number of nitrogen functional groups attached to an aromatic ring is 1. The van der Waals surface area contributed by atoms with Crippen molar-refractivity contribution in [2.45, 2.75) is 30.4 Å². The van der Waals surface area contributed by atoms with Crippen molar-refractivity contribution in [1.82, 2.24) is 19.8 Å². The number of aromatic nitrogens is 3. The zero-order valence-corrected chi connectivity index (χ0v) is 16.1. The predicted molar refractivity (Wildman–Crippen MR) is 97.9 cm³/mol. The zero-order valence-electron chi connectivity index (χ0n) is 15.3. The van der Waals surface area contributed by atoms with E-state index < -0.39 is 29.1 Å². The molecule has 12 heteroatoms. The van der Waals surface area contributed by atoms with Gasteiger partial charge in [0, 0.05) is 12.7 Å². The van der Waals surface area contributed by atoms with Gasteiger partial charge < -0.3 is 16.1 Å². The van der Waals surface area contributed by atoms with Gasteiger partial charge in [-0.2, -0.15) is 13.2 Å². The number of benzene rings is 1. The van der Waals surface area contributed by atoms with Gasteiger partial charge in [0.15, 0.2) is 0 Å². The van der Waals surface area contributed by atoms with Crippen molar-refractivity contribution in [1.29, 1.82) is 0 Å². The lowest BCUT2D eigenvalue weighted by atomic mass is 10.2. The molecular formula is C16H19F3N6O2S. The Balaban J connectivity index is 1.94. The molecule has 1 aromatic carbocycles. The number of hydrogen-bond donors (Lipinski definition) is 2. The van der Waals surface area contributed by atoms with Crippen molar-refractivity contribution < 1.29 is 22.8 Å². The number of anilines is 1. The van der Waals surface area contributed by atoms with Crippen LogP contribution in [0.15, 0.2) is 29.4 Å². The third-order valence-electron chi connectivity index (χ3n) is 3.64. The molecule has 0 spiro atoms. The second-order valence-corrected chi connectivity index (χ2v) is 7.35. The first kappa shape index (κ1) is 21.5. The third kappa shape index (κ3) is 5.38. The van der Waals surface area contributed by atoms with E-state index in [-0.39, 0.29) is 11.7 Å². The van der Waals surface area contributed by atoms with Gasteiger partial charge in [-0.25, -0.2) is 4.68 Å². The maximum absolute atomic E-state index is 12.7. The first-order valence-corrected chi connectivity index (χ1v) is 8.93. The quantitative estimate of drug-likeness (QED) is 0.550. The van der Waals surface area contributed by atoms with Crippen LogP contribution in [0.2, 0.25) is 0 Å². The molecule has 28 heavy (non-hydrogen) atoms. The fourth-order valence-electron chi connectivity index (χ4n) is 2.20. The number of carbonyl (C=O) groups excluding carboxylic acids is 2. The van der Waals surface area contributed by atoms with E-state index in [4.69, 9.17) is 5.84 Å². The van der Waals surface area contributed by atoms with Crippen molar-refractivity contribution >= 4 is 29.3 Å². The number of thioether (sulfide) groups is 1. The molecule has 0 saturated carbocycles. The molecule has 0 aliphatic heterocycles. The fraction of sp³-hybridized carbons (Fsp3) is 0.375. The summed E-state index contributed by atoms with van der Waals surface area (Å²) in [4.78, 5) is 25.6. The summed E-state index contributed by atoms with van der Waals surface area (Å²) in [5, 5.41) is 7.94. The number of alkyl halides is 3. The molecule has 152 valence electrons. The minimum atomic E-state index is -4.75. The van der Waals surface area contributed by atoms with E-state index >= 15 is 0 Å². The molecule has 2 amide bonds. The van der Waals surface area contributed by atoms with Crippen molar-refractivity contribution in [3.63, 3.8) is 0 Å². The molecular weight excluding hydrogens is 397 g/mol. The van der Waals surface area contributed by atoms with Crippen LogP contribution in [-0.2, 0) is 15.8 Å². The maximum Gasteiger partial charge on any atom is 0.453 e. The summed E-state index contributed by atoms with van der Waals surface area (Å²) in [6.07, 6.45) is -4.75. The summed E-state index contributed by atoms with van der Waals surface area (Å²) in [5.41, 5.74) is 1.63. The third-order valence-corrected chi connectivity index (χ3v) is 4.68. The number of nitrogens with two attached hydrogens (primary N) is 1. The number of carbonyl (C=O) groups is 2. The summed E-state index contributed by atoms with van der Waals surface area (Å²) in [7, 11) is 1.42. The molecule has 0 aliphatic carbocycles. The first-order valence-electron chi connectivity index (χ1n) is 8.05. The second-order valence-electron chi connectivity index (χ2n) is 6.04. The number of aryl methyl sites for hydroxylation is 1. The maximum atomic E-state index is 12.7. The van der Waals surface area contributed by atoms with Crippen LogP contribution in [0.1, 0.15) is 18.3 Å². The smallest absolute Gasteiger partial charge is 0.335 e. The lowest BCUT2D eigenvalue weighted by molar-refractivity contribution is -0.146. The monoisotopic (exact) mass is 416 g/mol. The number of halogens is 3. The Bertz CT molecular complexity index is 853. The largest absolute Gasteiger partial charge is 0.453 e. The summed E-state index contributed by atoms with van der Waals surface area (Å²) in [6.45, 7) is 3.17. The molecule has 1 aromatic heterocycles. The van der Waals surface area contributed by atoms with E-state index in [0.29, 0.717) is 10.4 Å². The highest BCUT2D eigenvalue weighted by molar-refractivity contribution is 8.00. The number of rotatable bonds is 6. The topological polar surface area (TPSA) is 106 Å². The molecule has 2 aromatic rings. The molecule has 2 rings (SSSR count). The van der Waals surface area contributed by atoms with Gasteiger partial charge in [0.1, 0.15) is 0 Å². The highest BCUT2D eigenvalue weighted by Gasteiger charge is 2.38. The van der Waals surface area contributed by atoms with Gasteiger partial charge in [-0.15, -0.1) is 10.2 Å². The van der Waals surface area contributed by atoms with Gasteiger partial charge in [-0.05, 0) is 26.0 Å². The van der Waals surface area contributed by atoms with E-state index in [2.05, 4.69) is 15.5 Å². The van der Waals surface area contributed by atoms with Gasteiger partial charge in [0.25, 0.3) is 5.82 Å². The molecule has 0 bridgehead atoms. The Morgan fingerprint density at radius 1 is 1.29 bits per heavy atom. The van der Waals surface area contributed by atoms with Crippen LogP contribution in [0, 0.1) is 6.92 Å². The Morgan fingerprint density at radius 2 is 1.89 bits per heavy atom. The van der Waals surface area contributed by atoms with Crippen LogP contribution in [0.25, 0.3) is 0 Å². The van der Waals surface area contributed by atoms with E-state index in [0.717, 1.165) is 17.3 Å². The van der Waals surface area contributed by atoms with Crippen molar-refractivity contribution in [2.75, 3.05) is 24.8 Å². The Labute approximate surface area is 163 Å². The van der Waals surface area contributed by atoms with E-state index in [1.807, 2.05) is 19.1 Å². The van der Waals surface area contributed by atoms with Crippen LogP contribution < -0.4 is 11.2 Å². The zero-order chi connectivity index (χ0) is 21.1. The van der Waals surface area contributed by atoms with E-state index in [9.17, 15) is 22.8 Å². The lowest BCUT2D eigenvalue weighted by Gasteiger charge is -2.20. The average Bonchev–Trinajstić information content (AvgIpc) is 2.97. The molecule has 0 unspecified atom stereocenters. The van der Waals surface area contributed by atoms with Crippen LogP contribution >= 0.6 is 11.8 Å². The highest BCUT2D eigenvalue weighted by Crippen LogP contribution is 2.30. The molecule has 1 heterocycles. The summed E-state index contributed by atoms with van der Waals surface area (Å²) in [6, 6.07) is 7.14. The second kappa shape index (κ2) is 8.50. The Hall–Kier alpha value is -2.76. The molecule has 3 N–H and O–H groups in total. The van der Waals surface area contributed by atoms with Crippen molar-refractivity contribution in [2.24, 2.45) is 0 Å². The van der Waals surface area contributed by atoms with Gasteiger partial charge >= 0.3 is 6.18 Å². The summed E-state index contributed by atoms with van der Waals surface area (Å²) in [5.74, 6) is 3.12. The van der Waals surface area contributed by atoms with Crippen molar-refractivity contribution in [3.8, 4) is 0 Å². The van der Waals surface area contributed by atoms with Gasteiger partial charge in [-0.3, -0.25) is 9.59 Å². The molecule has 8 nitrogen and oxygen atoms in total. The highest BCUT2D eigenvalue weighted by atomic mass is 32.2. The number of nitrogens with one attached hydrogen (secondary N) is 1. The minimum absolute atomic E-state index is 0.222. The van der Waals surface area contributed by atoms with Crippen LogP contribution in [0.4, 0.5) is 18.9 Å². The first-order chi connectivity index (χ1) is 13.0. The van der Waals surface area contributed by atoms with Gasteiger partial charge in [0.2, 0.25) is 17.0 Å². The van der Waals surface area contributed by atoms with Crippen molar-refractivity contribution in [3.05, 3.63) is 35.7 Å². The standard InChI is InChI=1S/C16H19F3N6O2S/c1-9-4-6-11(7-5-9)21-12(26)8-24(3)13(27)10(2)28-15-23-22-14(25(15)20)16(17,18)19/h4-7,10H,8,20H2,1-3H3,(H,21,26)/t10-/m0/s1. The fourth-order valence-corrected chi connectivity index (χ4v) is 3.09. The van der Waals surface area contributed by atoms with Crippen LogP contribution in [0.3, 0.4) is 0 Å². The predicted octanol–water partition coefficient (Wildman–Crippen LogP) is 1.90. The van der Waals surface area contributed by atoms with Gasteiger partial charge in [0.05, 0.1) is 11.8 Å². The van der Waals surface area contributed by atoms with Crippen LogP contribution in [-0.4, -0.2) is 50.4 Å². The number of amides is 2. The molecule has 0 fully saturated rings. The lowest BCUT2D eigenvalue weighted by Crippen LogP contribution is -2.39. The average molecular weight is 416 g/mol. The Morgan fingerprint density at radius 3 is 2.43 bits per heavy atom. The van der Waals surface area contributed by atoms with E-state index in [1.54, 1.807) is 12.1 Å². The molecule has 0 radical (unpaired) electrons. The number of hydrogen-bond acceptors (Lipinski definition) is 6. The number of nitrogens with zero attached hydrogens (tertiary/aromatic N) is 4. The SMILES string of the molecule is Cc1ccc(NC(=O)CN(C)C(=O)[C@H](C)Sc2nnc(C(F)(F)F)n2N)cc1.